The maximum atomic E-state index is 14.6. The molecule has 0 aromatic heterocycles. The lowest BCUT2D eigenvalue weighted by Crippen LogP contribution is -2.14. The Hall–Kier alpha value is -5.14. The molecule has 0 heterocycles. The van der Waals surface area contributed by atoms with Gasteiger partial charge in [-0.1, -0.05) is 71.2 Å². The zero-order valence-electron chi connectivity index (χ0n) is 35.9. The summed E-state index contributed by atoms with van der Waals surface area (Å²) in [5, 5.41) is 0. The van der Waals surface area contributed by atoms with E-state index in [1.807, 2.05) is 155 Å². The summed E-state index contributed by atoms with van der Waals surface area (Å²) < 4.78 is 36.1. The molecule has 0 amide bonds. The third kappa shape index (κ3) is 10.5. The van der Waals surface area contributed by atoms with E-state index in [1.165, 1.54) is 0 Å². The lowest BCUT2D eigenvalue weighted by molar-refractivity contribution is 0.100. The van der Waals surface area contributed by atoms with Crippen LogP contribution in [0.15, 0.2) is 201 Å². The van der Waals surface area contributed by atoms with E-state index in [4.69, 9.17) is 3.63 Å². The van der Waals surface area contributed by atoms with Gasteiger partial charge in [0.05, 0.1) is 4.90 Å². The molecule has 7 rings (SSSR count). The van der Waals surface area contributed by atoms with Crippen molar-refractivity contribution in [3.05, 3.63) is 191 Å². The Balaban J connectivity index is 1.35. The Kier molecular flexibility index (Phi) is 14.1. The summed E-state index contributed by atoms with van der Waals surface area (Å²) in [5.41, 5.74) is 5.68. The van der Waals surface area contributed by atoms with E-state index in [0.717, 1.165) is 51.6 Å². The second-order valence-electron chi connectivity index (χ2n) is 15.2. The first-order valence-corrected chi connectivity index (χ1v) is 25.5. The van der Waals surface area contributed by atoms with Crippen molar-refractivity contribution >= 4 is 73.1 Å². The second kappa shape index (κ2) is 19.3. The minimum absolute atomic E-state index is 0.0170. The van der Waals surface area contributed by atoms with E-state index < -0.39 is 20.4 Å². The number of Topliss-reactive ketones (excluding diaryl/α,β-unsaturated/α-hetero) is 3. The van der Waals surface area contributed by atoms with Gasteiger partial charge in [0, 0.05) is 60.7 Å². The Bertz CT molecular complexity index is 2700. The van der Waals surface area contributed by atoms with Gasteiger partial charge in [-0.3, -0.25) is 14.4 Å². The van der Waals surface area contributed by atoms with Gasteiger partial charge in [0.15, 0.2) is 17.3 Å². The predicted molar refractivity (Wildman–Crippen MR) is 257 cm³/mol. The molecule has 63 heavy (non-hydrogen) atoms. The first kappa shape index (κ1) is 45.9. The standard InChI is InChI=1S/C52H46O6S5/c1-33-8-19-49(20-9-33)63(56,57)58-62(46-21-10-40(11-22-46)59-43-16-27-50(37(5)53)34(2)30-43,47-23-12-41(13-24-47)60-44-17-28-51(38(6)54)35(3)31-44)48-25-14-42(15-26-48)61-45-18-29-52(39(7)55)36(4)32-45/h8-32H,1-7H3. The number of rotatable bonds is 15. The summed E-state index contributed by atoms with van der Waals surface area (Å²) in [4.78, 5) is 44.1. The van der Waals surface area contributed by atoms with Crippen molar-refractivity contribution in [2.24, 2.45) is 0 Å². The first-order chi connectivity index (χ1) is 30.0. The summed E-state index contributed by atoms with van der Waals surface area (Å²) in [6.45, 7) is 12.4. The van der Waals surface area contributed by atoms with Crippen LogP contribution >= 0.6 is 45.6 Å². The van der Waals surface area contributed by atoms with Gasteiger partial charge in [-0.25, -0.2) is 3.63 Å². The van der Waals surface area contributed by atoms with Crippen LogP contribution in [0.3, 0.4) is 0 Å². The number of carbonyl (C=O) groups excluding carboxylic acids is 3. The van der Waals surface area contributed by atoms with Gasteiger partial charge in [-0.15, -0.1) is 0 Å². The number of aryl methyl sites for hydroxylation is 4. The van der Waals surface area contributed by atoms with Crippen LogP contribution in [0.1, 0.15) is 74.1 Å². The molecular formula is C52H46O6S5. The maximum absolute atomic E-state index is 14.6. The molecule has 0 aliphatic rings. The average Bonchev–Trinajstić information content (AvgIpc) is 3.24. The largest absolute Gasteiger partial charge is 0.307 e. The van der Waals surface area contributed by atoms with E-state index in [2.05, 4.69) is 0 Å². The van der Waals surface area contributed by atoms with Crippen LogP contribution in [-0.4, -0.2) is 25.8 Å². The number of hydrogen-bond donors (Lipinski definition) is 0. The van der Waals surface area contributed by atoms with Crippen LogP contribution in [0.4, 0.5) is 0 Å². The molecule has 0 spiro atoms. The van der Waals surface area contributed by atoms with Gasteiger partial charge in [-0.05, 0) is 197 Å². The summed E-state index contributed by atoms with van der Waals surface area (Å²) in [6.07, 6.45) is 0. The molecule has 7 aromatic carbocycles. The molecule has 6 nitrogen and oxygen atoms in total. The van der Waals surface area contributed by atoms with E-state index in [-0.39, 0.29) is 22.2 Å². The average molecular weight is 927 g/mol. The number of benzene rings is 7. The highest BCUT2D eigenvalue weighted by Gasteiger charge is 2.38. The summed E-state index contributed by atoms with van der Waals surface area (Å²) in [6, 6.07) is 47.6. The fraction of sp³-hybridized carbons (Fsp3) is 0.135. The summed E-state index contributed by atoms with van der Waals surface area (Å²) in [5.74, 6) is 0.0511. The molecule has 7 aromatic rings. The molecule has 0 fully saturated rings. The van der Waals surface area contributed by atoms with E-state index in [0.29, 0.717) is 31.4 Å². The molecule has 0 unspecified atom stereocenters. The highest BCUT2D eigenvalue weighted by atomic mass is 32.3. The minimum atomic E-state index is -4.36. The monoisotopic (exact) mass is 926 g/mol. The van der Waals surface area contributed by atoms with Gasteiger partial charge in [0.1, 0.15) is 0 Å². The third-order valence-corrected chi connectivity index (χ3v) is 18.6. The van der Waals surface area contributed by atoms with Crippen molar-refractivity contribution in [2.75, 3.05) is 0 Å². The molecule has 0 aliphatic carbocycles. The van der Waals surface area contributed by atoms with Crippen LogP contribution in [0, 0.1) is 27.7 Å². The van der Waals surface area contributed by atoms with Crippen molar-refractivity contribution in [3.8, 4) is 0 Å². The third-order valence-electron chi connectivity index (χ3n) is 10.4. The number of hydrogen-bond acceptors (Lipinski definition) is 9. The minimum Gasteiger partial charge on any atom is -0.295 e. The van der Waals surface area contributed by atoms with Gasteiger partial charge in [0.2, 0.25) is 0 Å². The number of ketones is 3. The molecule has 11 heteroatoms. The highest BCUT2D eigenvalue weighted by Crippen LogP contribution is 2.70. The van der Waals surface area contributed by atoms with Gasteiger partial charge in [-0.2, -0.15) is 8.42 Å². The predicted octanol–water partition coefficient (Wildman–Crippen LogP) is 14.6. The van der Waals surface area contributed by atoms with Gasteiger partial charge >= 0.3 is 10.1 Å². The molecule has 0 aliphatic heterocycles. The van der Waals surface area contributed by atoms with Crippen molar-refractivity contribution in [3.63, 3.8) is 0 Å². The van der Waals surface area contributed by atoms with Crippen LogP contribution < -0.4 is 0 Å². The number of carbonyl (C=O) groups is 3. The SMILES string of the molecule is CC(=O)c1ccc(Sc2ccc(S(OS(=O)(=O)c3ccc(C)cc3)(c3ccc(Sc4ccc(C(C)=O)c(C)c4)cc3)c3ccc(Sc4ccc(C(C)=O)c(C)c4)cc3)cc2)cc1C. The van der Waals surface area contributed by atoms with Crippen LogP contribution in [0.25, 0.3) is 0 Å². The van der Waals surface area contributed by atoms with Crippen molar-refractivity contribution in [2.45, 2.75) is 97.4 Å². The van der Waals surface area contributed by atoms with Crippen LogP contribution in [-0.2, 0) is 13.7 Å². The van der Waals surface area contributed by atoms with Gasteiger partial charge < -0.3 is 0 Å². The molecular weight excluding hydrogens is 881 g/mol. The van der Waals surface area contributed by atoms with E-state index in [1.54, 1.807) is 80.3 Å². The molecule has 0 bridgehead atoms. The zero-order valence-corrected chi connectivity index (χ0v) is 40.0. The smallest absolute Gasteiger partial charge is 0.295 e. The fourth-order valence-corrected chi connectivity index (χ4v) is 15.1. The van der Waals surface area contributed by atoms with Crippen LogP contribution in [0.5, 0.6) is 0 Å². The molecule has 0 N–H and O–H groups in total. The normalized spacial score (nSPS) is 11.9. The Morgan fingerprint density at radius 3 is 0.921 bits per heavy atom. The van der Waals surface area contributed by atoms with Crippen molar-refractivity contribution < 1.29 is 26.4 Å². The lowest BCUT2D eigenvalue weighted by Gasteiger charge is -2.39. The summed E-state index contributed by atoms with van der Waals surface area (Å²) >= 11 is 4.66. The van der Waals surface area contributed by atoms with Gasteiger partial charge in [0.25, 0.3) is 0 Å². The zero-order chi connectivity index (χ0) is 45.1. The first-order valence-electron chi connectivity index (χ1n) is 20.1. The second-order valence-corrected chi connectivity index (χ2v) is 23.1. The van der Waals surface area contributed by atoms with Crippen molar-refractivity contribution in [1.82, 2.24) is 0 Å². The molecule has 0 atom stereocenters. The lowest BCUT2D eigenvalue weighted by atomic mass is 10.1. The molecule has 320 valence electrons. The Labute approximate surface area is 384 Å². The fourth-order valence-electron chi connectivity index (χ4n) is 7.19. The maximum Gasteiger partial charge on any atom is 0.307 e. The van der Waals surface area contributed by atoms with Crippen LogP contribution in [0.2, 0.25) is 0 Å². The Morgan fingerprint density at radius 1 is 0.381 bits per heavy atom. The summed E-state index contributed by atoms with van der Waals surface area (Å²) in [7, 11) is -7.38. The van der Waals surface area contributed by atoms with E-state index in [9.17, 15) is 22.8 Å². The molecule has 0 radical (unpaired) electrons. The van der Waals surface area contributed by atoms with Crippen molar-refractivity contribution in [1.29, 1.82) is 0 Å². The highest BCUT2D eigenvalue weighted by molar-refractivity contribution is 8.33. The topological polar surface area (TPSA) is 94.6 Å². The molecule has 0 saturated carbocycles. The quantitative estimate of drug-likeness (QED) is 0.0932. The van der Waals surface area contributed by atoms with E-state index >= 15 is 0 Å². The Morgan fingerprint density at radius 2 is 0.651 bits per heavy atom. The molecule has 0 saturated heterocycles.